The number of amides is 1. The number of benzene rings is 1. The molecule has 0 spiro atoms. The van der Waals surface area contributed by atoms with Crippen LogP contribution in [0.4, 0.5) is 4.39 Å². The van der Waals surface area contributed by atoms with Gasteiger partial charge in [-0.15, -0.1) is 0 Å². The lowest BCUT2D eigenvalue weighted by atomic mass is 10.1. The summed E-state index contributed by atoms with van der Waals surface area (Å²) in [4.78, 5) is 11.4. The molecule has 1 aromatic carbocycles. The maximum Gasteiger partial charge on any atom is 0.220 e. The van der Waals surface area contributed by atoms with Gasteiger partial charge in [-0.3, -0.25) is 4.79 Å². The van der Waals surface area contributed by atoms with Crippen LogP contribution in [0.1, 0.15) is 37.3 Å². The number of nitrogens with zero attached hydrogens (tertiary/aromatic N) is 1. The minimum atomic E-state index is -0.500. The fraction of sp³-hybridized carbons (Fsp3) is 0.385. The van der Waals surface area contributed by atoms with Gasteiger partial charge in [0.15, 0.2) is 5.84 Å². The Kier molecular flexibility index (Phi) is 5.78. The molecule has 1 aromatic rings. The van der Waals surface area contributed by atoms with Crippen LogP contribution in [0, 0.1) is 5.82 Å². The number of halogens is 1. The zero-order valence-electron chi connectivity index (χ0n) is 10.8. The fourth-order valence-corrected chi connectivity index (χ4v) is 1.53. The molecule has 19 heavy (non-hydrogen) atoms. The van der Waals surface area contributed by atoms with Crippen molar-refractivity contribution in [2.75, 3.05) is 0 Å². The SMILES string of the molecule is CCCCC(=O)NCc1ccc(C(N)=NO)cc1F. The van der Waals surface area contributed by atoms with Crippen molar-refractivity contribution in [2.24, 2.45) is 10.9 Å². The van der Waals surface area contributed by atoms with E-state index in [0.29, 0.717) is 17.5 Å². The summed E-state index contributed by atoms with van der Waals surface area (Å²) < 4.78 is 13.7. The van der Waals surface area contributed by atoms with Crippen LogP contribution in [-0.4, -0.2) is 17.0 Å². The van der Waals surface area contributed by atoms with Crippen molar-refractivity contribution in [3.05, 3.63) is 35.1 Å². The van der Waals surface area contributed by atoms with Crippen molar-refractivity contribution in [1.82, 2.24) is 5.32 Å². The lowest BCUT2D eigenvalue weighted by Gasteiger charge is -2.07. The molecule has 0 unspecified atom stereocenters. The fourth-order valence-electron chi connectivity index (χ4n) is 1.53. The van der Waals surface area contributed by atoms with Crippen molar-refractivity contribution in [1.29, 1.82) is 0 Å². The highest BCUT2D eigenvalue weighted by molar-refractivity contribution is 5.97. The summed E-state index contributed by atoms with van der Waals surface area (Å²) in [6.45, 7) is 2.13. The Bertz CT molecular complexity index is 475. The monoisotopic (exact) mass is 267 g/mol. The second-order valence-corrected chi connectivity index (χ2v) is 4.17. The molecule has 5 nitrogen and oxygen atoms in total. The number of rotatable bonds is 6. The molecule has 0 aliphatic rings. The van der Waals surface area contributed by atoms with Gasteiger partial charge in [-0.2, -0.15) is 0 Å². The van der Waals surface area contributed by atoms with E-state index >= 15 is 0 Å². The predicted octanol–water partition coefficient (Wildman–Crippen LogP) is 1.73. The number of unbranched alkanes of at least 4 members (excludes halogenated alkanes) is 1. The van der Waals surface area contributed by atoms with Crippen molar-refractivity contribution in [3.8, 4) is 0 Å². The maximum absolute atomic E-state index is 13.7. The van der Waals surface area contributed by atoms with Crippen LogP contribution in [0.25, 0.3) is 0 Å². The van der Waals surface area contributed by atoms with Gasteiger partial charge in [0.25, 0.3) is 0 Å². The molecule has 0 saturated carbocycles. The number of carbonyl (C=O) groups excluding carboxylic acids is 1. The van der Waals surface area contributed by atoms with E-state index in [0.717, 1.165) is 12.8 Å². The van der Waals surface area contributed by atoms with Crippen molar-refractivity contribution in [3.63, 3.8) is 0 Å². The molecule has 0 fully saturated rings. The van der Waals surface area contributed by atoms with E-state index in [2.05, 4.69) is 10.5 Å². The molecule has 0 radical (unpaired) electrons. The Labute approximate surface area is 111 Å². The third kappa shape index (κ3) is 4.57. The van der Waals surface area contributed by atoms with Crippen molar-refractivity contribution >= 4 is 11.7 Å². The van der Waals surface area contributed by atoms with E-state index < -0.39 is 5.82 Å². The highest BCUT2D eigenvalue weighted by Gasteiger charge is 2.07. The van der Waals surface area contributed by atoms with Crippen LogP contribution in [0.3, 0.4) is 0 Å². The number of hydrogen-bond donors (Lipinski definition) is 3. The molecule has 0 heterocycles. The van der Waals surface area contributed by atoms with E-state index in [1.165, 1.54) is 18.2 Å². The van der Waals surface area contributed by atoms with Gasteiger partial charge in [0.1, 0.15) is 5.82 Å². The van der Waals surface area contributed by atoms with E-state index in [1.807, 2.05) is 6.92 Å². The Hall–Kier alpha value is -2.11. The van der Waals surface area contributed by atoms with Crippen molar-refractivity contribution in [2.45, 2.75) is 32.7 Å². The molecule has 4 N–H and O–H groups in total. The van der Waals surface area contributed by atoms with Crippen LogP contribution >= 0.6 is 0 Å². The lowest BCUT2D eigenvalue weighted by Crippen LogP contribution is -2.23. The Balaban J connectivity index is 2.63. The first-order chi connectivity index (χ1) is 9.08. The largest absolute Gasteiger partial charge is 0.409 e. The average Bonchev–Trinajstić information content (AvgIpc) is 2.42. The third-order valence-electron chi connectivity index (χ3n) is 2.69. The minimum absolute atomic E-state index is 0.0956. The maximum atomic E-state index is 13.7. The van der Waals surface area contributed by atoms with E-state index in [-0.39, 0.29) is 18.3 Å². The Morgan fingerprint density at radius 1 is 1.53 bits per heavy atom. The van der Waals surface area contributed by atoms with Crippen molar-refractivity contribution < 1.29 is 14.4 Å². The summed E-state index contributed by atoms with van der Waals surface area (Å²) in [7, 11) is 0. The van der Waals surface area contributed by atoms with Gasteiger partial charge in [0, 0.05) is 24.1 Å². The zero-order valence-corrected chi connectivity index (χ0v) is 10.8. The van der Waals surface area contributed by atoms with Gasteiger partial charge >= 0.3 is 0 Å². The minimum Gasteiger partial charge on any atom is -0.409 e. The zero-order chi connectivity index (χ0) is 14.3. The predicted molar refractivity (Wildman–Crippen MR) is 70.3 cm³/mol. The Morgan fingerprint density at radius 2 is 2.26 bits per heavy atom. The molecule has 0 aromatic heterocycles. The molecule has 0 bridgehead atoms. The topological polar surface area (TPSA) is 87.7 Å². The second-order valence-electron chi connectivity index (χ2n) is 4.17. The molecule has 1 rings (SSSR count). The van der Waals surface area contributed by atoms with Crippen LogP contribution in [0.2, 0.25) is 0 Å². The van der Waals surface area contributed by atoms with Gasteiger partial charge in [-0.05, 0) is 12.5 Å². The highest BCUT2D eigenvalue weighted by Crippen LogP contribution is 2.10. The van der Waals surface area contributed by atoms with Crippen LogP contribution in [0.5, 0.6) is 0 Å². The standard InChI is InChI=1S/C13H18FN3O2/c1-2-3-4-12(18)16-8-10-6-5-9(7-11(10)14)13(15)17-19/h5-7,19H,2-4,8H2,1H3,(H2,15,17)(H,16,18). The first-order valence-corrected chi connectivity index (χ1v) is 6.11. The van der Waals surface area contributed by atoms with Gasteiger partial charge in [-0.1, -0.05) is 30.6 Å². The smallest absolute Gasteiger partial charge is 0.220 e. The van der Waals surface area contributed by atoms with Crippen LogP contribution in [-0.2, 0) is 11.3 Å². The van der Waals surface area contributed by atoms with E-state index in [4.69, 9.17) is 10.9 Å². The molecule has 0 saturated heterocycles. The van der Waals surface area contributed by atoms with Crippen LogP contribution < -0.4 is 11.1 Å². The molecule has 0 atom stereocenters. The number of amidine groups is 1. The number of nitrogens with one attached hydrogen (secondary N) is 1. The molecule has 1 amide bonds. The van der Waals surface area contributed by atoms with Gasteiger partial charge in [-0.25, -0.2) is 4.39 Å². The lowest BCUT2D eigenvalue weighted by molar-refractivity contribution is -0.121. The number of nitrogens with two attached hydrogens (primary N) is 1. The summed E-state index contributed by atoms with van der Waals surface area (Å²) in [5.74, 6) is -0.751. The average molecular weight is 267 g/mol. The highest BCUT2D eigenvalue weighted by atomic mass is 19.1. The second kappa shape index (κ2) is 7.35. The molecule has 0 aliphatic heterocycles. The van der Waals surface area contributed by atoms with Gasteiger partial charge in [0.05, 0.1) is 0 Å². The number of oxime groups is 1. The summed E-state index contributed by atoms with van der Waals surface area (Å²) >= 11 is 0. The summed E-state index contributed by atoms with van der Waals surface area (Å²) in [5.41, 5.74) is 6.01. The molecule has 104 valence electrons. The summed E-state index contributed by atoms with van der Waals surface area (Å²) in [6.07, 6.45) is 2.20. The molecule has 6 heteroatoms. The number of hydrogen-bond acceptors (Lipinski definition) is 3. The molecular weight excluding hydrogens is 249 g/mol. The third-order valence-corrected chi connectivity index (χ3v) is 2.69. The first kappa shape index (κ1) is 14.9. The van der Waals surface area contributed by atoms with E-state index in [9.17, 15) is 9.18 Å². The first-order valence-electron chi connectivity index (χ1n) is 6.11. The summed E-state index contributed by atoms with van der Waals surface area (Å²) in [6, 6.07) is 4.21. The quantitative estimate of drug-likeness (QED) is 0.317. The van der Waals surface area contributed by atoms with Gasteiger partial charge in [0.2, 0.25) is 5.91 Å². The summed E-state index contributed by atoms with van der Waals surface area (Å²) in [5, 5.41) is 13.9. The van der Waals surface area contributed by atoms with Crippen LogP contribution in [0.15, 0.2) is 23.4 Å². The Morgan fingerprint density at radius 3 is 2.84 bits per heavy atom. The van der Waals surface area contributed by atoms with E-state index in [1.54, 1.807) is 0 Å². The normalized spacial score (nSPS) is 11.4. The molecular formula is C13H18FN3O2. The van der Waals surface area contributed by atoms with Gasteiger partial charge < -0.3 is 16.3 Å². The number of carbonyl (C=O) groups is 1. The molecule has 0 aliphatic carbocycles.